The lowest BCUT2D eigenvalue weighted by molar-refractivity contribution is 0.265. The summed E-state index contributed by atoms with van der Waals surface area (Å²) >= 11 is 0. The molecule has 0 aromatic heterocycles. The largest absolute Gasteiger partial charge is 0.395 e. The molecule has 0 fully saturated rings. The molecule has 1 atom stereocenters. The zero-order chi connectivity index (χ0) is 11.6. The fourth-order valence-corrected chi connectivity index (χ4v) is 1.93. The molecular weight excluding hydrogens is 186 g/mol. The number of aryl methyl sites for hydroxylation is 2. The Balaban J connectivity index is 3.15. The summed E-state index contributed by atoms with van der Waals surface area (Å²) in [6, 6.07) is 2.06. The zero-order valence-electron chi connectivity index (χ0n) is 10.1. The molecule has 1 rings (SSSR count). The van der Waals surface area contributed by atoms with Crippen molar-refractivity contribution in [1.82, 2.24) is 0 Å². The van der Waals surface area contributed by atoms with Crippen LogP contribution in [0.2, 0.25) is 0 Å². The van der Waals surface area contributed by atoms with Gasteiger partial charge in [-0.2, -0.15) is 0 Å². The summed E-state index contributed by atoms with van der Waals surface area (Å²) in [4.78, 5) is 0. The molecule has 0 saturated heterocycles. The average Bonchev–Trinajstić information content (AvgIpc) is 2.21. The van der Waals surface area contributed by atoms with Gasteiger partial charge in [0.1, 0.15) is 0 Å². The van der Waals surface area contributed by atoms with E-state index in [1.165, 1.54) is 27.8 Å². The van der Waals surface area contributed by atoms with Crippen molar-refractivity contribution in [1.29, 1.82) is 0 Å². The first-order valence-corrected chi connectivity index (χ1v) is 5.40. The highest BCUT2D eigenvalue weighted by molar-refractivity contribution is 5.44. The first kappa shape index (κ1) is 12.2. The molecule has 0 aliphatic rings. The predicted octanol–water partition coefficient (Wildman–Crippen LogP) is 1.78. The van der Waals surface area contributed by atoms with Gasteiger partial charge in [0, 0.05) is 6.04 Å². The summed E-state index contributed by atoms with van der Waals surface area (Å²) in [5.41, 5.74) is 12.3. The van der Waals surface area contributed by atoms with Gasteiger partial charge in [0.15, 0.2) is 0 Å². The molecule has 0 aliphatic carbocycles. The van der Waals surface area contributed by atoms with Crippen LogP contribution in [0.1, 0.15) is 27.8 Å². The van der Waals surface area contributed by atoms with Crippen molar-refractivity contribution in [2.24, 2.45) is 5.73 Å². The van der Waals surface area contributed by atoms with Crippen LogP contribution in [0.4, 0.5) is 0 Å². The monoisotopic (exact) mass is 207 g/mol. The van der Waals surface area contributed by atoms with E-state index in [2.05, 4.69) is 33.8 Å². The Kier molecular flexibility index (Phi) is 3.89. The summed E-state index contributed by atoms with van der Waals surface area (Å²) in [5.74, 6) is 0. The Morgan fingerprint density at radius 2 is 1.60 bits per heavy atom. The van der Waals surface area contributed by atoms with E-state index in [0.717, 1.165) is 6.42 Å². The van der Waals surface area contributed by atoms with E-state index in [0.29, 0.717) is 0 Å². The van der Waals surface area contributed by atoms with E-state index in [1.54, 1.807) is 0 Å². The van der Waals surface area contributed by atoms with Crippen LogP contribution in [-0.2, 0) is 6.42 Å². The number of aliphatic hydroxyl groups is 1. The second-order valence-electron chi connectivity index (χ2n) is 4.39. The first-order chi connectivity index (χ1) is 6.97. The Labute approximate surface area is 92.1 Å². The lowest BCUT2D eigenvalue weighted by atomic mass is 9.90. The van der Waals surface area contributed by atoms with Crippen LogP contribution in [0.15, 0.2) is 6.07 Å². The van der Waals surface area contributed by atoms with E-state index in [-0.39, 0.29) is 12.6 Å². The van der Waals surface area contributed by atoms with Crippen LogP contribution in [-0.4, -0.2) is 17.8 Å². The fourth-order valence-electron chi connectivity index (χ4n) is 1.93. The minimum atomic E-state index is -0.149. The molecular formula is C13H21NO. The summed E-state index contributed by atoms with van der Waals surface area (Å²) < 4.78 is 0. The number of hydrogen-bond donors (Lipinski definition) is 2. The van der Waals surface area contributed by atoms with Crippen molar-refractivity contribution in [2.45, 2.75) is 40.2 Å². The quantitative estimate of drug-likeness (QED) is 0.793. The van der Waals surface area contributed by atoms with Crippen molar-refractivity contribution >= 4 is 0 Å². The molecule has 0 saturated carbocycles. The lowest BCUT2D eigenvalue weighted by Gasteiger charge is -2.17. The van der Waals surface area contributed by atoms with Crippen LogP contribution in [0.25, 0.3) is 0 Å². The van der Waals surface area contributed by atoms with E-state index in [1.807, 2.05) is 0 Å². The van der Waals surface area contributed by atoms with Crippen molar-refractivity contribution in [3.63, 3.8) is 0 Å². The molecule has 1 unspecified atom stereocenters. The second kappa shape index (κ2) is 4.77. The van der Waals surface area contributed by atoms with Gasteiger partial charge in [0.05, 0.1) is 6.61 Å². The molecule has 15 heavy (non-hydrogen) atoms. The number of aliphatic hydroxyl groups excluding tert-OH is 1. The van der Waals surface area contributed by atoms with Gasteiger partial charge < -0.3 is 10.8 Å². The standard InChI is InChI=1S/C13H21NO/c1-8-5-9(2)11(4)13(10(8)3)6-12(14)7-15/h5,12,15H,6-7,14H2,1-4H3. The topological polar surface area (TPSA) is 46.2 Å². The molecule has 2 heteroatoms. The molecule has 0 radical (unpaired) electrons. The highest BCUT2D eigenvalue weighted by Gasteiger charge is 2.11. The Bertz CT molecular complexity index is 332. The number of benzene rings is 1. The van der Waals surface area contributed by atoms with E-state index < -0.39 is 0 Å². The Hall–Kier alpha value is -0.860. The highest BCUT2D eigenvalue weighted by Crippen LogP contribution is 2.22. The van der Waals surface area contributed by atoms with Crippen LogP contribution in [0, 0.1) is 27.7 Å². The van der Waals surface area contributed by atoms with Crippen LogP contribution in [0.3, 0.4) is 0 Å². The lowest BCUT2D eigenvalue weighted by Crippen LogP contribution is -2.27. The molecule has 0 bridgehead atoms. The minimum absolute atomic E-state index is 0.0475. The molecule has 0 amide bonds. The zero-order valence-corrected chi connectivity index (χ0v) is 10.1. The fraction of sp³-hybridized carbons (Fsp3) is 0.538. The third-order valence-corrected chi connectivity index (χ3v) is 3.22. The Morgan fingerprint density at radius 1 is 1.13 bits per heavy atom. The highest BCUT2D eigenvalue weighted by atomic mass is 16.3. The average molecular weight is 207 g/mol. The molecule has 0 heterocycles. The van der Waals surface area contributed by atoms with Crippen LogP contribution < -0.4 is 5.73 Å². The number of rotatable bonds is 3. The van der Waals surface area contributed by atoms with Crippen molar-refractivity contribution < 1.29 is 5.11 Å². The van der Waals surface area contributed by atoms with Crippen LogP contribution in [0.5, 0.6) is 0 Å². The van der Waals surface area contributed by atoms with Crippen LogP contribution >= 0.6 is 0 Å². The van der Waals surface area contributed by atoms with Gasteiger partial charge in [-0.1, -0.05) is 6.07 Å². The van der Waals surface area contributed by atoms with Crippen molar-refractivity contribution in [3.8, 4) is 0 Å². The molecule has 3 N–H and O–H groups in total. The number of hydrogen-bond acceptors (Lipinski definition) is 2. The SMILES string of the molecule is Cc1cc(C)c(C)c(CC(N)CO)c1C. The van der Waals surface area contributed by atoms with E-state index in [9.17, 15) is 0 Å². The third kappa shape index (κ3) is 2.58. The van der Waals surface area contributed by atoms with Crippen molar-refractivity contribution in [2.75, 3.05) is 6.61 Å². The maximum absolute atomic E-state index is 8.99. The predicted molar refractivity (Wildman–Crippen MR) is 64.2 cm³/mol. The summed E-state index contributed by atoms with van der Waals surface area (Å²) in [6.07, 6.45) is 0.761. The second-order valence-corrected chi connectivity index (χ2v) is 4.39. The van der Waals surface area contributed by atoms with Gasteiger partial charge in [0.2, 0.25) is 0 Å². The smallest absolute Gasteiger partial charge is 0.0585 e. The maximum atomic E-state index is 8.99. The molecule has 0 aliphatic heterocycles. The third-order valence-electron chi connectivity index (χ3n) is 3.22. The summed E-state index contributed by atoms with van der Waals surface area (Å²) in [7, 11) is 0. The maximum Gasteiger partial charge on any atom is 0.0585 e. The molecule has 1 aromatic carbocycles. The minimum Gasteiger partial charge on any atom is -0.395 e. The van der Waals surface area contributed by atoms with Gasteiger partial charge in [-0.3, -0.25) is 0 Å². The van der Waals surface area contributed by atoms with Gasteiger partial charge in [0.25, 0.3) is 0 Å². The summed E-state index contributed by atoms with van der Waals surface area (Å²) in [6.45, 7) is 8.54. The van der Waals surface area contributed by atoms with Gasteiger partial charge >= 0.3 is 0 Å². The normalized spacial score (nSPS) is 12.9. The molecule has 0 spiro atoms. The molecule has 2 nitrogen and oxygen atoms in total. The molecule has 84 valence electrons. The van der Waals surface area contributed by atoms with Gasteiger partial charge in [-0.15, -0.1) is 0 Å². The first-order valence-electron chi connectivity index (χ1n) is 5.40. The Morgan fingerprint density at radius 3 is 2.00 bits per heavy atom. The van der Waals surface area contributed by atoms with Crippen molar-refractivity contribution in [3.05, 3.63) is 33.9 Å². The van der Waals surface area contributed by atoms with E-state index >= 15 is 0 Å². The summed E-state index contributed by atoms with van der Waals surface area (Å²) in [5, 5.41) is 8.99. The molecule has 1 aromatic rings. The van der Waals surface area contributed by atoms with Gasteiger partial charge in [-0.25, -0.2) is 0 Å². The number of nitrogens with two attached hydrogens (primary N) is 1. The van der Waals surface area contributed by atoms with Gasteiger partial charge in [-0.05, 0) is 61.9 Å². The van der Waals surface area contributed by atoms with E-state index in [4.69, 9.17) is 10.8 Å².